The molecule has 0 spiro atoms. The number of hydrogen-bond donors (Lipinski definition) is 0. The van der Waals surface area contributed by atoms with Crippen molar-refractivity contribution in [1.29, 1.82) is 0 Å². The zero-order chi connectivity index (χ0) is 7.23. The lowest BCUT2D eigenvalue weighted by Gasteiger charge is -2.16. The van der Waals surface area contributed by atoms with Crippen LogP contribution in [-0.4, -0.2) is 5.33 Å². The van der Waals surface area contributed by atoms with Gasteiger partial charge in [0.2, 0.25) is 0 Å². The molecule has 0 aliphatic heterocycles. The van der Waals surface area contributed by atoms with E-state index in [-0.39, 0.29) is 0 Å². The summed E-state index contributed by atoms with van der Waals surface area (Å²) in [7, 11) is 0. The van der Waals surface area contributed by atoms with E-state index in [2.05, 4.69) is 28.1 Å². The van der Waals surface area contributed by atoms with Crippen molar-refractivity contribution in [2.75, 3.05) is 5.33 Å². The number of allylic oxidation sites excluding steroid dienone is 2. The van der Waals surface area contributed by atoms with Gasteiger partial charge in [-0.3, -0.25) is 0 Å². The topological polar surface area (TPSA) is 0 Å². The average Bonchev–Trinajstić information content (AvgIpc) is 2.03. The second kappa shape index (κ2) is 4.95. The Morgan fingerprint density at radius 1 is 1.40 bits per heavy atom. The first-order valence-electron chi connectivity index (χ1n) is 4.14. The smallest absolute Gasteiger partial charge is 0.00314 e. The third-order valence-electron chi connectivity index (χ3n) is 2.12. The Labute approximate surface area is 71.8 Å². The van der Waals surface area contributed by atoms with Crippen LogP contribution in [0.25, 0.3) is 0 Å². The molecular weight excluding hydrogens is 188 g/mol. The Morgan fingerprint density at radius 2 is 2.30 bits per heavy atom. The fraction of sp³-hybridized carbons (Fsp3) is 0.778. The van der Waals surface area contributed by atoms with Crippen LogP contribution >= 0.6 is 15.9 Å². The van der Waals surface area contributed by atoms with Crippen molar-refractivity contribution in [3.8, 4) is 0 Å². The van der Waals surface area contributed by atoms with E-state index in [1.165, 1.54) is 37.4 Å². The van der Waals surface area contributed by atoms with Gasteiger partial charge in [0.15, 0.2) is 0 Å². The molecule has 1 heteroatoms. The highest BCUT2D eigenvalue weighted by molar-refractivity contribution is 9.09. The molecule has 10 heavy (non-hydrogen) atoms. The van der Waals surface area contributed by atoms with Crippen LogP contribution in [0.15, 0.2) is 12.2 Å². The lowest BCUT2D eigenvalue weighted by molar-refractivity contribution is 0.442. The van der Waals surface area contributed by atoms with E-state index in [9.17, 15) is 0 Å². The summed E-state index contributed by atoms with van der Waals surface area (Å²) in [6, 6.07) is 0. The standard InChI is InChI=1S/C9H15Br/c10-8-4-7-9-5-2-1-3-6-9/h1-2,9H,3-8H2. The molecule has 0 saturated heterocycles. The first-order valence-corrected chi connectivity index (χ1v) is 5.26. The Balaban J connectivity index is 2.10. The molecule has 1 unspecified atom stereocenters. The molecule has 0 saturated carbocycles. The first kappa shape index (κ1) is 8.32. The van der Waals surface area contributed by atoms with E-state index >= 15 is 0 Å². The van der Waals surface area contributed by atoms with Crippen LogP contribution in [-0.2, 0) is 0 Å². The number of rotatable bonds is 3. The fourth-order valence-electron chi connectivity index (χ4n) is 1.48. The molecule has 1 aliphatic carbocycles. The zero-order valence-electron chi connectivity index (χ0n) is 6.35. The van der Waals surface area contributed by atoms with Crippen LogP contribution in [0.5, 0.6) is 0 Å². The van der Waals surface area contributed by atoms with Crippen LogP contribution in [0.1, 0.15) is 32.1 Å². The molecule has 58 valence electrons. The molecule has 0 aromatic heterocycles. The highest BCUT2D eigenvalue weighted by Gasteiger charge is 2.07. The van der Waals surface area contributed by atoms with Crippen LogP contribution in [0.4, 0.5) is 0 Å². The second-order valence-electron chi connectivity index (χ2n) is 2.98. The summed E-state index contributed by atoms with van der Waals surface area (Å²) in [5, 5.41) is 1.17. The summed E-state index contributed by atoms with van der Waals surface area (Å²) in [6.45, 7) is 0. The summed E-state index contributed by atoms with van der Waals surface area (Å²) >= 11 is 3.46. The quantitative estimate of drug-likeness (QED) is 0.486. The van der Waals surface area contributed by atoms with Gasteiger partial charge in [0.1, 0.15) is 0 Å². The predicted octanol–water partition coefficient (Wildman–Crippen LogP) is 3.52. The SMILES string of the molecule is BrCCCC1CC=CCC1. The van der Waals surface area contributed by atoms with Gasteiger partial charge >= 0.3 is 0 Å². The van der Waals surface area contributed by atoms with Gasteiger partial charge in [0.25, 0.3) is 0 Å². The van der Waals surface area contributed by atoms with Crippen molar-refractivity contribution >= 4 is 15.9 Å². The monoisotopic (exact) mass is 202 g/mol. The molecule has 0 aromatic carbocycles. The number of alkyl halides is 1. The minimum Gasteiger partial charge on any atom is -0.0928 e. The second-order valence-corrected chi connectivity index (χ2v) is 3.77. The highest BCUT2D eigenvalue weighted by Crippen LogP contribution is 2.22. The molecule has 0 aromatic rings. The molecule has 0 fully saturated rings. The third-order valence-corrected chi connectivity index (χ3v) is 2.68. The normalized spacial score (nSPS) is 25.1. The minimum absolute atomic E-state index is 0.988. The van der Waals surface area contributed by atoms with Crippen molar-refractivity contribution in [1.82, 2.24) is 0 Å². The van der Waals surface area contributed by atoms with Crippen molar-refractivity contribution in [3.05, 3.63) is 12.2 Å². The van der Waals surface area contributed by atoms with Gasteiger partial charge in [0.05, 0.1) is 0 Å². The lowest BCUT2D eigenvalue weighted by atomic mass is 9.91. The molecule has 1 atom stereocenters. The molecule has 0 radical (unpaired) electrons. The van der Waals surface area contributed by atoms with Gasteiger partial charge in [-0.25, -0.2) is 0 Å². The van der Waals surface area contributed by atoms with Crippen molar-refractivity contribution < 1.29 is 0 Å². The van der Waals surface area contributed by atoms with Gasteiger partial charge < -0.3 is 0 Å². The van der Waals surface area contributed by atoms with Crippen LogP contribution in [0.2, 0.25) is 0 Å². The highest BCUT2D eigenvalue weighted by atomic mass is 79.9. The molecule has 0 N–H and O–H groups in total. The summed E-state index contributed by atoms with van der Waals surface area (Å²) in [4.78, 5) is 0. The molecule has 0 heterocycles. The van der Waals surface area contributed by atoms with Crippen molar-refractivity contribution in [2.45, 2.75) is 32.1 Å². The van der Waals surface area contributed by atoms with E-state index in [4.69, 9.17) is 0 Å². The summed E-state index contributed by atoms with van der Waals surface area (Å²) in [6.07, 6.45) is 11.5. The molecule has 1 rings (SSSR count). The Bertz CT molecular complexity index is 107. The Morgan fingerprint density at radius 3 is 2.90 bits per heavy atom. The van der Waals surface area contributed by atoms with Gasteiger partial charge in [0, 0.05) is 5.33 Å². The van der Waals surface area contributed by atoms with E-state index in [0.717, 1.165) is 5.92 Å². The zero-order valence-corrected chi connectivity index (χ0v) is 7.94. The number of hydrogen-bond acceptors (Lipinski definition) is 0. The fourth-order valence-corrected chi connectivity index (χ4v) is 1.81. The van der Waals surface area contributed by atoms with Gasteiger partial charge in [-0.05, 0) is 38.0 Å². The van der Waals surface area contributed by atoms with Crippen LogP contribution in [0.3, 0.4) is 0 Å². The lowest BCUT2D eigenvalue weighted by Crippen LogP contribution is -2.02. The maximum Gasteiger partial charge on any atom is 0.00314 e. The van der Waals surface area contributed by atoms with Crippen LogP contribution in [0, 0.1) is 5.92 Å². The Hall–Kier alpha value is 0.220. The summed E-state index contributed by atoms with van der Waals surface area (Å²) < 4.78 is 0. The Kier molecular flexibility index (Phi) is 4.12. The van der Waals surface area contributed by atoms with E-state index in [1.54, 1.807) is 0 Å². The van der Waals surface area contributed by atoms with Gasteiger partial charge in [-0.2, -0.15) is 0 Å². The molecule has 0 nitrogen and oxygen atoms in total. The minimum atomic E-state index is 0.988. The predicted molar refractivity (Wildman–Crippen MR) is 49.5 cm³/mol. The van der Waals surface area contributed by atoms with Gasteiger partial charge in [-0.15, -0.1) is 0 Å². The average molecular weight is 203 g/mol. The first-order chi connectivity index (χ1) is 4.93. The molecule has 0 bridgehead atoms. The largest absolute Gasteiger partial charge is 0.0928 e. The molecule has 1 aliphatic rings. The van der Waals surface area contributed by atoms with E-state index < -0.39 is 0 Å². The molecular formula is C9H15Br. The summed E-state index contributed by atoms with van der Waals surface area (Å²) in [5.74, 6) is 0.988. The van der Waals surface area contributed by atoms with Gasteiger partial charge in [-0.1, -0.05) is 28.1 Å². The van der Waals surface area contributed by atoms with E-state index in [0.29, 0.717) is 0 Å². The summed E-state index contributed by atoms with van der Waals surface area (Å²) in [5.41, 5.74) is 0. The number of halogens is 1. The van der Waals surface area contributed by atoms with Crippen molar-refractivity contribution in [3.63, 3.8) is 0 Å². The maximum atomic E-state index is 3.46. The molecule has 0 amide bonds. The third kappa shape index (κ3) is 2.87. The van der Waals surface area contributed by atoms with Crippen molar-refractivity contribution in [2.24, 2.45) is 5.92 Å². The maximum absolute atomic E-state index is 3.46. The van der Waals surface area contributed by atoms with Crippen LogP contribution < -0.4 is 0 Å². The van der Waals surface area contributed by atoms with E-state index in [1.807, 2.05) is 0 Å².